The minimum absolute atomic E-state index is 0.00766. The van der Waals surface area contributed by atoms with Crippen LogP contribution in [0.1, 0.15) is 24.8 Å². The molecule has 3 aliphatic heterocycles. The van der Waals surface area contributed by atoms with Crippen LogP contribution in [0.3, 0.4) is 0 Å². The van der Waals surface area contributed by atoms with Crippen LogP contribution in [-0.2, 0) is 9.59 Å². The molecule has 2 aromatic heterocycles. The number of nitrogens with one attached hydrogen (secondary N) is 1. The van der Waals surface area contributed by atoms with E-state index in [1.807, 2.05) is 0 Å². The highest BCUT2D eigenvalue weighted by atomic mass is 19.1. The summed E-state index contributed by atoms with van der Waals surface area (Å²) in [6.07, 6.45) is 2.01. The molecule has 0 aliphatic carbocycles. The van der Waals surface area contributed by atoms with Crippen LogP contribution in [0.25, 0.3) is 11.7 Å². The lowest BCUT2D eigenvalue weighted by molar-refractivity contribution is -0.124. The quantitative estimate of drug-likeness (QED) is 0.594. The van der Waals surface area contributed by atoms with E-state index in [2.05, 4.69) is 20.4 Å². The summed E-state index contributed by atoms with van der Waals surface area (Å²) in [5.41, 5.74) is 1.29. The zero-order valence-corrected chi connectivity index (χ0v) is 15.5. The highest BCUT2D eigenvalue weighted by Crippen LogP contribution is 2.27. The Morgan fingerprint density at radius 2 is 1.79 bits per heavy atom. The van der Waals surface area contributed by atoms with Crippen LogP contribution < -0.4 is 15.1 Å². The number of imide groups is 1. The van der Waals surface area contributed by atoms with E-state index in [0.29, 0.717) is 54.6 Å². The molecule has 0 aromatic carbocycles. The van der Waals surface area contributed by atoms with Crippen LogP contribution in [0.15, 0.2) is 11.8 Å². The molecule has 1 N–H and O–H groups in total. The molecule has 0 saturated carbocycles. The Kier molecular flexibility index (Phi) is 4.18. The van der Waals surface area contributed by atoms with Gasteiger partial charge in [-0.25, -0.2) is 8.78 Å². The largest absolute Gasteiger partial charge is 0.338 e. The van der Waals surface area contributed by atoms with Crippen molar-refractivity contribution in [2.24, 2.45) is 0 Å². The number of aromatic nitrogens is 4. The normalized spacial score (nSPS) is 26.3. The summed E-state index contributed by atoms with van der Waals surface area (Å²) in [4.78, 5) is 36.0. The van der Waals surface area contributed by atoms with Gasteiger partial charge in [0.2, 0.25) is 17.8 Å². The number of hydrogen-bond acceptors (Lipinski definition) is 7. The minimum atomic E-state index is -0.948. The first kappa shape index (κ1) is 18.0. The zero-order valence-electron chi connectivity index (χ0n) is 15.5. The van der Waals surface area contributed by atoms with Gasteiger partial charge in [0.25, 0.3) is 5.91 Å². The average Bonchev–Trinajstić information content (AvgIpc) is 3.45. The number of halogens is 2. The van der Waals surface area contributed by atoms with E-state index < -0.39 is 18.3 Å². The van der Waals surface area contributed by atoms with Crippen LogP contribution in [0.4, 0.5) is 20.7 Å². The van der Waals surface area contributed by atoms with E-state index in [-0.39, 0.29) is 25.4 Å². The summed E-state index contributed by atoms with van der Waals surface area (Å²) in [7, 11) is 0. The van der Waals surface area contributed by atoms with E-state index in [9.17, 15) is 18.4 Å². The van der Waals surface area contributed by atoms with Crippen LogP contribution in [0.5, 0.6) is 0 Å². The van der Waals surface area contributed by atoms with Crippen molar-refractivity contribution in [3.8, 4) is 0 Å². The molecule has 5 rings (SSSR count). The zero-order chi connectivity index (χ0) is 20.1. The molecule has 3 saturated heterocycles. The Balaban J connectivity index is 1.62. The van der Waals surface area contributed by atoms with Crippen molar-refractivity contribution in [3.05, 3.63) is 17.3 Å². The molecule has 3 fully saturated rings. The maximum Gasteiger partial charge on any atom is 0.254 e. The smallest absolute Gasteiger partial charge is 0.254 e. The molecule has 9 nitrogen and oxygen atoms in total. The highest BCUT2D eigenvalue weighted by molar-refractivity contribution is 6.15. The van der Waals surface area contributed by atoms with E-state index in [4.69, 9.17) is 0 Å². The first-order chi connectivity index (χ1) is 14.0. The number of carbonyl (C=O) groups is 2. The topological polar surface area (TPSA) is 95.7 Å². The fraction of sp³-hybridized carbons (Fsp3) is 0.500. The molecule has 0 bridgehead atoms. The third-order valence-corrected chi connectivity index (χ3v) is 5.42. The fourth-order valence-corrected chi connectivity index (χ4v) is 3.92. The maximum absolute atomic E-state index is 13.8. The number of carbonyl (C=O) groups excluding carboxylic acids is 2. The third kappa shape index (κ3) is 3.19. The third-order valence-electron chi connectivity index (χ3n) is 5.42. The van der Waals surface area contributed by atoms with Crippen molar-refractivity contribution in [2.45, 2.75) is 31.6 Å². The molecule has 29 heavy (non-hydrogen) atoms. The second-order valence-electron chi connectivity index (χ2n) is 7.55. The number of anilines is 2. The maximum atomic E-state index is 13.8. The van der Waals surface area contributed by atoms with Gasteiger partial charge in [0.15, 0.2) is 5.65 Å². The Morgan fingerprint density at radius 3 is 2.41 bits per heavy atom. The lowest BCUT2D eigenvalue weighted by Crippen LogP contribution is -2.28. The van der Waals surface area contributed by atoms with Crippen molar-refractivity contribution >= 4 is 35.4 Å². The molecule has 2 atom stereocenters. The van der Waals surface area contributed by atoms with Crippen molar-refractivity contribution < 1.29 is 18.4 Å². The van der Waals surface area contributed by atoms with Crippen molar-refractivity contribution in [1.82, 2.24) is 24.9 Å². The van der Waals surface area contributed by atoms with Gasteiger partial charge < -0.3 is 9.80 Å². The van der Waals surface area contributed by atoms with Crippen molar-refractivity contribution in [3.63, 3.8) is 0 Å². The SMILES string of the molecule is O=C1C/C(=C\c2cnn3c(N4CC[C@@H](F)C4)nc(N4CC[C@H](F)C4)nc23)C(=O)N1. The Morgan fingerprint density at radius 1 is 1.07 bits per heavy atom. The second-order valence-corrected chi connectivity index (χ2v) is 7.55. The molecule has 2 amide bonds. The van der Waals surface area contributed by atoms with E-state index >= 15 is 0 Å². The molecule has 0 unspecified atom stereocenters. The lowest BCUT2D eigenvalue weighted by Gasteiger charge is -2.21. The number of fused-ring (bicyclic) bond motifs is 1. The molecule has 3 aliphatic rings. The summed E-state index contributed by atoms with van der Waals surface area (Å²) in [6.45, 7) is 1.38. The van der Waals surface area contributed by atoms with Crippen molar-refractivity contribution in [1.29, 1.82) is 0 Å². The lowest BCUT2D eigenvalue weighted by atomic mass is 10.1. The van der Waals surface area contributed by atoms with Gasteiger partial charge >= 0.3 is 0 Å². The molecule has 152 valence electrons. The van der Waals surface area contributed by atoms with Gasteiger partial charge in [0, 0.05) is 24.2 Å². The van der Waals surface area contributed by atoms with Gasteiger partial charge in [0.1, 0.15) is 12.3 Å². The predicted octanol–water partition coefficient (Wildman–Crippen LogP) is 0.651. The molecule has 0 radical (unpaired) electrons. The monoisotopic (exact) mass is 403 g/mol. The fourth-order valence-electron chi connectivity index (χ4n) is 3.92. The molecule has 11 heteroatoms. The van der Waals surface area contributed by atoms with E-state index in [1.54, 1.807) is 15.9 Å². The summed E-state index contributed by atoms with van der Waals surface area (Å²) in [6, 6.07) is 0. The number of amides is 2. The highest BCUT2D eigenvalue weighted by Gasteiger charge is 2.30. The molecular weight excluding hydrogens is 384 g/mol. The number of hydrogen-bond donors (Lipinski definition) is 1. The summed E-state index contributed by atoms with van der Waals surface area (Å²) < 4.78 is 29.0. The molecule has 5 heterocycles. The summed E-state index contributed by atoms with van der Waals surface area (Å²) in [5, 5.41) is 6.57. The summed E-state index contributed by atoms with van der Waals surface area (Å²) >= 11 is 0. The van der Waals surface area contributed by atoms with E-state index in [1.165, 1.54) is 10.7 Å². The second kappa shape index (κ2) is 6.75. The first-order valence-corrected chi connectivity index (χ1v) is 9.56. The Hall–Kier alpha value is -3.11. The Labute approximate surface area is 164 Å². The van der Waals surface area contributed by atoms with Crippen LogP contribution >= 0.6 is 0 Å². The van der Waals surface area contributed by atoms with Gasteiger partial charge in [-0.1, -0.05) is 0 Å². The number of alkyl halides is 2. The molecule has 0 spiro atoms. The predicted molar refractivity (Wildman–Crippen MR) is 100.0 cm³/mol. The van der Waals surface area contributed by atoms with Gasteiger partial charge in [0.05, 0.1) is 25.7 Å². The van der Waals surface area contributed by atoms with Gasteiger partial charge in [-0.15, -0.1) is 0 Å². The minimum Gasteiger partial charge on any atom is -0.338 e. The standard InChI is InChI=1S/C18H19F2N7O2/c19-12-1-3-25(8-12)17-23-15-11(5-10-6-14(28)22-16(10)29)7-21-27(15)18(24-17)26-4-2-13(20)9-26/h5,7,12-13H,1-4,6,8-9H2,(H,22,28,29)/b10-5+/t12-,13+/m0/s1. The van der Waals surface area contributed by atoms with Crippen LogP contribution in [0.2, 0.25) is 0 Å². The van der Waals surface area contributed by atoms with Gasteiger partial charge in [-0.05, 0) is 18.9 Å². The van der Waals surface area contributed by atoms with Crippen LogP contribution in [0, 0.1) is 0 Å². The van der Waals surface area contributed by atoms with Crippen LogP contribution in [-0.4, -0.2) is 69.9 Å². The van der Waals surface area contributed by atoms with Gasteiger partial charge in [-0.2, -0.15) is 19.6 Å². The van der Waals surface area contributed by atoms with Crippen molar-refractivity contribution in [2.75, 3.05) is 36.0 Å². The Bertz CT molecular complexity index is 1040. The number of nitrogens with zero attached hydrogens (tertiary/aromatic N) is 6. The van der Waals surface area contributed by atoms with E-state index in [0.717, 1.165) is 0 Å². The first-order valence-electron chi connectivity index (χ1n) is 9.56. The molecular formula is C18H19F2N7O2. The number of rotatable bonds is 3. The average molecular weight is 403 g/mol. The molecule has 2 aromatic rings. The van der Waals surface area contributed by atoms with Gasteiger partial charge in [-0.3, -0.25) is 14.9 Å². The summed E-state index contributed by atoms with van der Waals surface area (Å²) in [5.74, 6) is -0.0135.